The van der Waals surface area contributed by atoms with Crippen LogP contribution in [0.5, 0.6) is 5.75 Å². The molecule has 1 N–H and O–H groups in total. The first-order chi connectivity index (χ1) is 19.6. The van der Waals surface area contributed by atoms with Gasteiger partial charge in [0, 0.05) is 18.3 Å². The molecule has 0 amide bonds. The zero-order chi connectivity index (χ0) is 27.3. The summed E-state index contributed by atoms with van der Waals surface area (Å²) in [6, 6.07) is 28.6. The quantitative estimate of drug-likeness (QED) is 0.204. The molecule has 1 aliphatic rings. The minimum Gasteiger partial charge on any atom is -0.489 e. The fourth-order valence-electron chi connectivity index (χ4n) is 5.39. The predicted molar refractivity (Wildman–Crippen MR) is 162 cm³/mol. The van der Waals surface area contributed by atoms with Crippen LogP contribution in [0.3, 0.4) is 0 Å². The minimum absolute atomic E-state index is 0.429. The van der Waals surface area contributed by atoms with Crippen molar-refractivity contribution in [3.8, 4) is 28.4 Å². The van der Waals surface area contributed by atoms with Crippen LogP contribution in [0, 0.1) is 0 Å². The van der Waals surface area contributed by atoms with Gasteiger partial charge in [-0.1, -0.05) is 77.8 Å². The number of benzene rings is 3. The van der Waals surface area contributed by atoms with Crippen LogP contribution in [0.4, 0.5) is 0 Å². The van der Waals surface area contributed by atoms with Crippen molar-refractivity contribution in [3.63, 3.8) is 0 Å². The summed E-state index contributed by atoms with van der Waals surface area (Å²) in [6.07, 6.45) is 5.72. The van der Waals surface area contributed by atoms with Gasteiger partial charge in [0.2, 0.25) is 0 Å². The highest BCUT2D eigenvalue weighted by molar-refractivity contribution is 6.42. The highest BCUT2D eigenvalue weighted by atomic mass is 35.5. The van der Waals surface area contributed by atoms with Gasteiger partial charge in [0.15, 0.2) is 0 Å². The summed E-state index contributed by atoms with van der Waals surface area (Å²) in [5, 5.41) is 1.04. The largest absolute Gasteiger partial charge is 0.489 e. The van der Waals surface area contributed by atoms with Crippen LogP contribution >= 0.6 is 23.2 Å². The van der Waals surface area contributed by atoms with Crippen LogP contribution < -0.4 is 4.74 Å². The number of aromatic amines is 1. The van der Waals surface area contributed by atoms with Crippen molar-refractivity contribution < 1.29 is 4.74 Å². The van der Waals surface area contributed by atoms with Crippen LogP contribution in [0.15, 0.2) is 97.5 Å². The van der Waals surface area contributed by atoms with Crippen molar-refractivity contribution in [1.29, 1.82) is 0 Å². The summed E-state index contributed by atoms with van der Waals surface area (Å²) in [6.45, 7) is 3.59. The number of rotatable bonds is 8. The van der Waals surface area contributed by atoms with Crippen LogP contribution in [-0.4, -0.2) is 32.9 Å². The molecular formula is C33H30Cl2N4O. The molecular weight excluding hydrogens is 539 g/mol. The van der Waals surface area contributed by atoms with E-state index in [2.05, 4.69) is 57.3 Å². The van der Waals surface area contributed by atoms with Crippen LogP contribution in [0.1, 0.15) is 35.4 Å². The van der Waals surface area contributed by atoms with Gasteiger partial charge >= 0.3 is 0 Å². The second-order valence-corrected chi connectivity index (χ2v) is 11.0. The van der Waals surface area contributed by atoms with E-state index in [1.807, 2.05) is 42.6 Å². The fraction of sp³-hybridized carbons (Fsp3) is 0.212. The number of pyridine rings is 1. The smallest absolute Gasteiger partial charge is 0.119 e. The van der Waals surface area contributed by atoms with E-state index in [4.69, 9.17) is 32.9 Å². The SMILES string of the molecule is Clc1ccc(-c2nc[nH]c2-c2ncccc2C2CCN(Cc3ccc(OCc4ccccc4)cc3)CC2)cc1Cl. The molecule has 5 aromatic rings. The number of aromatic nitrogens is 3. The summed E-state index contributed by atoms with van der Waals surface area (Å²) in [7, 11) is 0. The average Bonchev–Trinajstić information content (AvgIpc) is 3.49. The number of nitrogens with zero attached hydrogens (tertiary/aromatic N) is 3. The van der Waals surface area contributed by atoms with Gasteiger partial charge in [-0.15, -0.1) is 0 Å². The van der Waals surface area contributed by atoms with E-state index in [9.17, 15) is 0 Å². The lowest BCUT2D eigenvalue weighted by molar-refractivity contribution is 0.204. The van der Waals surface area contributed by atoms with Gasteiger partial charge in [-0.25, -0.2) is 4.98 Å². The van der Waals surface area contributed by atoms with Crippen LogP contribution in [0.25, 0.3) is 22.6 Å². The molecule has 0 bridgehead atoms. The van der Waals surface area contributed by atoms with E-state index in [1.54, 1.807) is 12.4 Å². The lowest BCUT2D eigenvalue weighted by atomic mass is 9.87. The number of likely N-dealkylation sites (tertiary alicyclic amines) is 1. The maximum Gasteiger partial charge on any atom is 0.119 e. The molecule has 1 saturated heterocycles. The van der Waals surface area contributed by atoms with Gasteiger partial charge in [0.25, 0.3) is 0 Å². The summed E-state index contributed by atoms with van der Waals surface area (Å²) in [5.41, 5.74) is 7.32. The second kappa shape index (κ2) is 12.3. The number of ether oxygens (including phenoxy) is 1. The summed E-state index contributed by atoms with van der Waals surface area (Å²) in [5.74, 6) is 1.33. The Morgan fingerprint density at radius 1 is 0.800 bits per heavy atom. The molecule has 2 aromatic heterocycles. The molecule has 6 rings (SSSR count). The number of H-pyrrole nitrogens is 1. The maximum absolute atomic E-state index is 6.30. The Labute approximate surface area is 244 Å². The molecule has 0 aliphatic carbocycles. The molecule has 40 heavy (non-hydrogen) atoms. The Morgan fingerprint density at radius 3 is 2.38 bits per heavy atom. The molecule has 0 spiro atoms. The Morgan fingerprint density at radius 2 is 1.60 bits per heavy atom. The molecule has 0 radical (unpaired) electrons. The third-order valence-corrected chi connectivity index (χ3v) is 8.25. The van der Waals surface area contributed by atoms with E-state index >= 15 is 0 Å². The Kier molecular flexibility index (Phi) is 8.14. The fourth-order valence-corrected chi connectivity index (χ4v) is 5.68. The van der Waals surface area contributed by atoms with Gasteiger partial charge in [0.05, 0.1) is 33.5 Å². The zero-order valence-electron chi connectivity index (χ0n) is 22.1. The normalized spacial score (nSPS) is 14.3. The second-order valence-electron chi connectivity index (χ2n) is 10.2. The summed E-state index contributed by atoms with van der Waals surface area (Å²) < 4.78 is 5.95. The van der Waals surface area contributed by atoms with Crippen molar-refractivity contribution in [3.05, 3.63) is 124 Å². The molecule has 3 aromatic carbocycles. The molecule has 0 saturated carbocycles. The molecule has 0 atom stereocenters. The monoisotopic (exact) mass is 568 g/mol. The topological polar surface area (TPSA) is 54.0 Å². The van der Waals surface area contributed by atoms with Crippen molar-refractivity contribution in [2.45, 2.75) is 31.9 Å². The van der Waals surface area contributed by atoms with E-state index in [0.29, 0.717) is 22.6 Å². The lowest BCUT2D eigenvalue weighted by Crippen LogP contribution is -2.32. The van der Waals surface area contributed by atoms with Crippen molar-refractivity contribution in [2.24, 2.45) is 0 Å². The van der Waals surface area contributed by atoms with E-state index in [1.165, 1.54) is 16.7 Å². The first kappa shape index (κ1) is 26.6. The molecule has 202 valence electrons. The maximum atomic E-state index is 6.30. The van der Waals surface area contributed by atoms with E-state index < -0.39 is 0 Å². The Hall–Kier alpha value is -3.64. The number of halogens is 2. The molecule has 0 unspecified atom stereocenters. The predicted octanol–water partition coefficient (Wildman–Crippen LogP) is 8.40. The van der Waals surface area contributed by atoms with Gasteiger partial charge in [-0.3, -0.25) is 9.88 Å². The number of nitrogens with one attached hydrogen (secondary N) is 1. The van der Waals surface area contributed by atoms with Gasteiger partial charge in [0.1, 0.15) is 12.4 Å². The lowest BCUT2D eigenvalue weighted by Gasteiger charge is -2.32. The average molecular weight is 570 g/mol. The molecule has 1 fully saturated rings. The van der Waals surface area contributed by atoms with Gasteiger partial charge in [-0.05, 0) is 78.9 Å². The van der Waals surface area contributed by atoms with Crippen molar-refractivity contribution in [2.75, 3.05) is 13.1 Å². The number of hydrogen-bond donors (Lipinski definition) is 1. The highest BCUT2D eigenvalue weighted by Gasteiger charge is 2.25. The first-order valence-corrected chi connectivity index (χ1v) is 14.3. The van der Waals surface area contributed by atoms with E-state index in [-0.39, 0.29) is 0 Å². The molecule has 3 heterocycles. The molecule has 5 nitrogen and oxygen atoms in total. The summed E-state index contributed by atoms with van der Waals surface area (Å²) in [4.78, 5) is 15.3. The van der Waals surface area contributed by atoms with E-state index in [0.717, 1.165) is 60.9 Å². The van der Waals surface area contributed by atoms with Crippen LogP contribution in [0.2, 0.25) is 10.0 Å². The van der Waals surface area contributed by atoms with Crippen LogP contribution in [-0.2, 0) is 13.2 Å². The van der Waals surface area contributed by atoms with Gasteiger partial charge in [-0.2, -0.15) is 0 Å². The molecule has 7 heteroatoms. The highest BCUT2D eigenvalue weighted by Crippen LogP contribution is 2.38. The third kappa shape index (κ3) is 6.07. The zero-order valence-corrected chi connectivity index (χ0v) is 23.6. The van der Waals surface area contributed by atoms with Gasteiger partial charge < -0.3 is 9.72 Å². The molecule has 1 aliphatic heterocycles. The summed E-state index contributed by atoms with van der Waals surface area (Å²) >= 11 is 12.4. The number of piperidine rings is 1. The number of hydrogen-bond acceptors (Lipinski definition) is 4. The number of imidazole rings is 1. The van der Waals surface area contributed by atoms with Crippen molar-refractivity contribution in [1.82, 2.24) is 19.9 Å². The Bertz CT molecular complexity index is 1560. The third-order valence-electron chi connectivity index (χ3n) is 7.51. The first-order valence-electron chi connectivity index (χ1n) is 13.6. The standard InChI is InChI=1S/C33H30Cl2N4O/c34-29-13-10-26(19-30(29)35)31-33(38-22-37-31)32-28(7-4-16-36-32)25-14-17-39(18-15-25)20-23-8-11-27(12-9-23)40-21-24-5-2-1-3-6-24/h1-13,16,19,22,25H,14-15,17-18,20-21H2,(H,37,38). The minimum atomic E-state index is 0.429. The van der Waals surface area contributed by atoms with Crippen molar-refractivity contribution >= 4 is 23.2 Å². The Balaban J connectivity index is 1.09.